The number of carbonyl (C=O) groups is 2. The number of amides is 2. The molecule has 3 aliphatic rings. The largest absolute Gasteiger partial charge is 0.347 e. The van der Waals surface area contributed by atoms with Crippen molar-refractivity contribution in [1.82, 2.24) is 24.7 Å². The van der Waals surface area contributed by atoms with E-state index in [-0.39, 0.29) is 23.9 Å². The average molecular weight is 500 g/mol. The third-order valence-electron chi connectivity index (χ3n) is 8.92. The Balaban J connectivity index is 1.14. The van der Waals surface area contributed by atoms with Gasteiger partial charge in [-0.3, -0.25) is 14.5 Å². The highest BCUT2D eigenvalue weighted by molar-refractivity contribution is 5.88. The molecule has 4 heterocycles. The molecule has 5 atom stereocenters. The maximum Gasteiger partial charge on any atom is 0.243 e. The van der Waals surface area contributed by atoms with Crippen molar-refractivity contribution in [1.29, 1.82) is 0 Å². The Hall–Kier alpha value is -3.19. The Kier molecular flexibility index (Phi) is 6.49. The monoisotopic (exact) mass is 499 g/mol. The van der Waals surface area contributed by atoms with Crippen LogP contribution in [-0.2, 0) is 9.59 Å². The lowest BCUT2D eigenvalue weighted by Crippen LogP contribution is -2.58. The van der Waals surface area contributed by atoms with Crippen LogP contribution in [0, 0.1) is 6.92 Å². The van der Waals surface area contributed by atoms with Gasteiger partial charge in [0.25, 0.3) is 0 Å². The normalized spacial score (nSPS) is 26.2. The molecule has 3 aliphatic heterocycles. The second kappa shape index (κ2) is 9.93. The van der Waals surface area contributed by atoms with Crippen molar-refractivity contribution in [2.24, 2.45) is 0 Å². The first-order chi connectivity index (χ1) is 18.0. The second-order valence-electron chi connectivity index (χ2n) is 11.0. The van der Waals surface area contributed by atoms with E-state index < -0.39 is 0 Å². The van der Waals surface area contributed by atoms with E-state index in [0.717, 1.165) is 49.1 Å². The number of aromatic nitrogens is 2. The Bertz CT molecular complexity index is 1270. The van der Waals surface area contributed by atoms with Gasteiger partial charge >= 0.3 is 0 Å². The van der Waals surface area contributed by atoms with Gasteiger partial charge in [0.15, 0.2) is 0 Å². The molecule has 3 fully saturated rings. The summed E-state index contributed by atoms with van der Waals surface area (Å²) in [6, 6.07) is 20.0. The minimum atomic E-state index is -0.330. The number of hydrogen-bond acceptors (Lipinski definition) is 4. The predicted octanol–water partition coefficient (Wildman–Crippen LogP) is 4.38. The third-order valence-corrected chi connectivity index (χ3v) is 8.92. The maximum absolute atomic E-state index is 13.1. The van der Waals surface area contributed by atoms with Gasteiger partial charge < -0.3 is 14.8 Å². The minimum Gasteiger partial charge on any atom is -0.347 e. The molecule has 2 unspecified atom stereocenters. The lowest BCUT2D eigenvalue weighted by molar-refractivity contribution is -0.146. The number of carbonyl (C=O) groups excluding carboxylic acids is 2. The zero-order valence-electron chi connectivity index (χ0n) is 21.8. The van der Waals surface area contributed by atoms with E-state index in [2.05, 4.69) is 58.1 Å². The Morgan fingerprint density at radius 3 is 2.35 bits per heavy atom. The fraction of sp³-hybridized carbons (Fsp3) is 0.500. The quantitative estimate of drug-likeness (QED) is 0.524. The summed E-state index contributed by atoms with van der Waals surface area (Å²) in [6.07, 6.45) is 6.39. The van der Waals surface area contributed by atoms with E-state index in [1.165, 1.54) is 18.4 Å². The molecule has 6 rings (SSSR count). The molecule has 194 valence electrons. The summed E-state index contributed by atoms with van der Waals surface area (Å²) in [5, 5.41) is 3.30. The lowest BCUT2D eigenvalue weighted by atomic mass is 9.95. The molecule has 1 N–H and O–H groups in total. The highest BCUT2D eigenvalue weighted by Crippen LogP contribution is 2.42. The van der Waals surface area contributed by atoms with Gasteiger partial charge in [-0.2, -0.15) is 0 Å². The Morgan fingerprint density at radius 1 is 0.973 bits per heavy atom. The van der Waals surface area contributed by atoms with E-state index in [1.54, 1.807) is 11.8 Å². The Labute approximate surface area is 218 Å². The van der Waals surface area contributed by atoms with E-state index in [4.69, 9.17) is 4.98 Å². The second-order valence-corrected chi connectivity index (χ2v) is 11.0. The highest BCUT2D eigenvalue weighted by Gasteiger charge is 2.42. The molecular weight excluding hydrogens is 462 g/mol. The van der Waals surface area contributed by atoms with E-state index in [9.17, 15) is 9.59 Å². The standard InChI is InChI=1S/C30H37N5O2/c1-20-31-27-10-6-7-11-28(27)35(20)25-18-23-12-13-24(19-25)34(23)16-14-26(22-8-4-3-5-9-22)32-30(37)29-15-17-33(29)21(2)36/h3-11,23-26,29H,12-19H2,1-2H3,(H,32,37)/t23-,24+,25?,26-,29?/m0/s1. The van der Waals surface area contributed by atoms with E-state index in [0.29, 0.717) is 24.7 Å². The van der Waals surface area contributed by atoms with Crippen LogP contribution in [0.4, 0.5) is 0 Å². The molecule has 2 aromatic carbocycles. The van der Waals surface area contributed by atoms with Crippen molar-refractivity contribution in [3.05, 3.63) is 66.0 Å². The first-order valence-corrected chi connectivity index (χ1v) is 13.8. The van der Waals surface area contributed by atoms with Crippen molar-refractivity contribution in [2.75, 3.05) is 13.1 Å². The van der Waals surface area contributed by atoms with Crippen molar-refractivity contribution in [3.63, 3.8) is 0 Å². The molecule has 1 aromatic heterocycles. The van der Waals surface area contributed by atoms with Crippen LogP contribution < -0.4 is 5.32 Å². The summed E-state index contributed by atoms with van der Waals surface area (Å²) in [5.41, 5.74) is 3.47. The number of nitrogens with one attached hydrogen (secondary N) is 1. The number of imidazole rings is 1. The topological polar surface area (TPSA) is 70.5 Å². The predicted molar refractivity (Wildman–Crippen MR) is 144 cm³/mol. The van der Waals surface area contributed by atoms with Gasteiger partial charge in [0.2, 0.25) is 11.8 Å². The molecule has 7 nitrogen and oxygen atoms in total. The molecule has 7 heteroatoms. The molecule has 0 aliphatic carbocycles. The van der Waals surface area contributed by atoms with Crippen molar-refractivity contribution in [2.45, 2.75) is 82.6 Å². The van der Waals surface area contributed by atoms with Crippen molar-refractivity contribution < 1.29 is 9.59 Å². The van der Waals surface area contributed by atoms with Crippen molar-refractivity contribution in [3.8, 4) is 0 Å². The lowest BCUT2D eigenvalue weighted by Gasteiger charge is -2.41. The number of rotatable bonds is 7. The zero-order chi connectivity index (χ0) is 25.5. The molecule has 0 saturated carbocycles. The van der Waals surface area contributed by atoms with Gasteiger partial charge in [0.1, 0.15) is 11.9 Å². The number of benzene rings is 2. The molecule has 0 radical (unpaired) electrons. The van der Waals surface area contributed by atoms with Crippen LogP contribution in [0.1, 0.15) is 68.9 Å². The van der Waals surface area contributed by atoms with Gasteiger partial charge in [0.05, 0.1) is 17.1 Å². The van der Waals surface area contributed by atoms with Crippen LogP contribution in [0.15, 0.2) is 54.6 Å². The highest BCUT2D eigenvalue weighted by atomic mass is 16.2. The van der Waals surface area contributed by atoms with Crippen molar-refractivity contribution >= 4 is 22.8 Å². The van der Waals surface area contributed by atoms with Crippen LogP contribution in [0.3, 0.4) is 0 Å². The minimum absolute atomic E-state index is 0.0250. The summed E-state index contributed by atoms with van der Waals surface area (Å²) in [7, 11) is 0. The summed E-state index contributed by atoms with van der Waals surface area (Å²) in [4.78, 5) is 34.2. The molecule has 3 saturated heterocycles. The maximum atomic E-state index is 13.1. The summed E-state index contributed by atoms with van der Waals surface area (Å²) in [6.45, 7) is 5.32. The molecule has 37 heavy (non-hydrogen) atoms. The summed E-state index contributed by atoms with van der Waals surface area (Å²) < 4.78 is 2.48. The number of likely N-dealkylation sites (tertiary alicyclic amines) is 1. The number of fused-ring (bicyclic) bond motifs is 3. The third kappa shape index (κ3) is 4.54. The number of piperidine rings is 1. The number of hydrogen-bond donors (Lipinski definition) is 1. The van der Waals surface area contributed by atoms with Crippen LogP contribution in [-0.4, -0.2) is 62.4 Å². The summed E-state index contributed by atoms with van der Waals surface area (Å²) >= 11 is 0. The number of aryl methyl sites for hydroxylation is 1. The van der Waals surface area contributed by atoms with Gasteiger partial charge in [-0.25, -0.2) is 4.98 Å². The SMILES string of the molecule is CC(=O)N1CCC1C(=O)N[C@@H](CCN1[C@@H]2CC[C@H]1CC(n1c(C)nc3ccccc31)C2)c1ccccc1. The molecule has 3 aromatic rings. The van der Waals surface area contributed by atoms with Crippen LogP contribution in [0.2, 0.25) is 0 Å². The van der Waals surface area contributed by atoms with E-state index in [1.807, 2.05) is 18.2 Å². The van der Waals surface area contributed by atoms with Crippen LogP contribution >= 0.6 is 0 Å². The fourth-order valence-electron chi connectivity index (χ4n) is 7.04. The van der Waals surface area contributed by atoms with Gasteiger partial charge in [-0.15, -0.1) is 0 Å². The smallest absolute Gasteiger partial charge is 0.243 e. The number of nitrogens with zero attached hydrogens (tertiary/aromatic N) is 4. The molecule has 2 amide bonds. The number of para-hydroxylation sites is 2. The van der Waals surface area contributed by atoms with Crippen LogP contribution in [0.25, 0.3) is 11.0 Å². The first kappa shape index (κ1) is 24.2. The zero-order valence-corrected chi connectivity index (χ0v) is 21.8. The summed E-state index contributed by atoms with van der Waals surface area (Å²) in [5.74, 6) is 1.06. The van der Waals surface area contributed by atoms with E-state index >= 15 is 0 Å². The average Bonchev–Trinajstić information content (AvgIpc) is 3.31. The van der Waals surface area contributed by atoms with Gasteiger partial charge in [-0.1, -0.05) is 42.5 Å². The molecular formula is C30H37N5O2. The Morgan fingerprint density at radius 2 is 1.68 bits per heavy atom. The molecule has 0 spiro atoms. The van der Waals surface area contributed by atoms with Gasteiger partial charge in [0, 0.05) is 38.1 Å². The van der Waals surface area contributed by atoms with Crippen LogP contribution in [0.5, 0.6) is 0 Å². The fourth-order valence-corrected chi connectivity index (χ4v) is 7.04. The molecule has 2 bridgehead atoms. The van der Waals surface area contributed by atoms with Gasteiger partial charge in [-0.05, 0) is 63.1 Å². The first-order valence-electron chi connectivity index (χ1n) is 13.8.